The third kappa shape index (κ3) is 7.37. The van der Waals surface area contributed by atoms with Crippen LogP contribution in [0.25, 0.3) is 0 Å². The fourth-order valence-corrected chi connectivity index (χ4v) is 5.02. The second kappa shape index (κ2) is 10.6. The number of hydrogen-bond donors (Lipinski definition) is 2. The Morgan fingerprint density at radius 1 is 1.00 bits per heavy atom. The second-order valence-corrected chi connectivity index (χ2v) is 9.28. The van der Waals surface area contributed by atoms with Gasteiger partial charge in [-0.2, -0.15) is 13.2 Å². The molecule has 0 bridgehead atoms. The van der Waals surface area contributed by atoms with E-state index in [4.69, 9.17) is 0 Å². The maximum atomic E-state index is 12.6. The number of rotatable bonds is 10. The minimum atomic E-state index is -4.47. The molecule has 0 aliphatic heterocycles. The van der Waals surface area contributed by atoms with Crippen molar-refractivity contribution < 1.29 is 21.6 Å². The van der Waals surface area contributed by atoms with E-state index in [1.807, 2.05) is 0 Å². The number of sulfonamides is 1. The summed E-state index contributed by atoms with van der Waals surface area (Å²) in [6.45, 7) is 4.17. The highest BCUT2D eigenvalue weighted by Gasteiger charge is 2.31. The third-order valence-electron chi connectivity index (χ3n) is 5.38. The molecule has 0 atom stereocenters. The molecule has 1 fully saturated rings. The van der Waals surface area contributed by atoms with Gasteiger partial charge in [-0.25, -0.2) is 13.1 Å². The van der Waals surface area contributed by atoms with Crippen molar-refractivity contribution in [2.24, 2.45) is 5.92 Å². The Hall–Kier alpha value is -1.12. The maximum absolute atomic E-state index is 12.6. The molecule has 28 heavy (non-hydrogen) atoms. The van der Waals surface area contributed by atoms with Gasteiger partial charge in [-0.15, -0.1) is 0 Å². The van der Waals surface area contributed by atoms with Crippen LogP contribution < -0.4 is 10.0 Å². The van der Waals surface area contributed by atoms with Crippen molar-refractivity contribution in [3.8, 4) is 0 Å². The third-order valence-corrected chi connectivity index (χ3v) is 6.91. The van der Waals surface area contributed by atoms with Crippen LogP contribution in [0.5, 0.6) is 0 Å². The van der Waals surface area contributed by atoms with E-state index < -0.39 is 21.8 Å². The summed E-state index contributed by atoms with van der Waals surface area (Å²) < 4.78 is 65.4. The monoisotopic (exact) mass is 420 g/mol. The van der Waals surface area contributed by atoms with E-state index in [-0.39, 0.29) is 10.9 Å². The van der Waals surface area contributed by atoms with Gasteiger partial charge in [0.25, 0.3) is 0 Å². The van der Waals surface area contributed by atoms with Crippen molar-refractivity contribution in [3.63, 3.8) is 0 Å². The molecule has 8 heteroatoms. The number of unbranched alkanes of at least 4 members (excludes halogenated alkanes) is 2. The fraction of sp³-hybridized carbons (Fsp3) is 0.700. The Kier molecular flexibility index (Phi) is 8.77. The summed E-state index contributed by atoms with van der Waals surface area (Å²) in [5.41, 5.74) is -0.850. The highest BCUT2D eigenvalue weighted by molar-refractivity contribution is 7.89. The number of benzene rings is 1. The Morgan fingerprint density at radius 3 is 2.21 bits per heavy atom. The van der Waals surface area contributed by atoms with Crippen LogP contribution in [0.4, 0.5) is 13.2 Å². The van der Waals surface area contributed by atoms with Crippen molar-refractivity contribution in [1.29, 1.82) is 0 Å². The zero-order valence-corrected chi connectivity index (χ0v) is 17.2. The summed E-state index contributed by atoms with van der Waals surface area (Å²) in [7, 11) is -3.79. The van der Waals surface area contributed by atoms with Gasteiger partial charge in [-0.05, 0) is 75.4 Å². The first-order valence-electron chi connectivity index (χ1n) is 10.1. The van der Waals surface area contributed by atoms with E-state index in [0.717, 1.165) is 63.0 Å². The van der Waals surface area contributed by atoms with Crippen LogP contribution in [0.15, 0.2) is 29.2 Å². The predicted molar refractivity (Wildman–Crippen MR) is 105 cm³/mol. The number of halogens is 3. The highest BCUT2D eigenvalue weighted by atomic mass is 32.2. The van der Waals surface area contributed by atoms with Crippen molar-refractivity contribution >= 4 is 10.0 Å². The largest absolute Gasteiger partial charge is 0.416 e. The molecule has 1 saturated carbocycles. The molecule has 1 aliphatic rings. The summed E-state index contributed by atoms with van der Waals surface area (Å²) >= 11 is 0. The molecule has 0 spiro atoms. The topological polar surface area (TPSA) is 58.2 Å². The van der Waals surface area contributed by atoms with Crippen molar-refractivity contribution in [1.82, 2.24) is 10.0 Å². The molecule has 0 amide bonds. The van der Waals surface area contributed by atoms with Gasteiger partial charge in [0.15, 0.2) is 0 Å². The molecule has 1 aromatic carbocycles. The predicted octanol–water partition coefficient (Wildman–Crippen LogP) is 4.71. The van der Waals surface area contributed by atoms with Gasteiger partial charge in [0.05, 0.1) is 10.5 Å². The Bertz CT molecular complexity index is 682. The first-order chi connectivity index (χ1) is 13.2. The number of alkyl halides is 3. The molecule has 0 saturated heterocycles. The number of nitrogens with one attached hydrogen (secondary N) is 2. The first-order valence-corrected chi connectivity index (χ1v) is 11.6. The van der Waals surface area contributed by atoms with Gasteiger partial charge in [-0.3, -0.25) is 0 Å². The molecule has 2 N–H and O–H groups in total. The minimum Gasteiger partial charge on any atom is -0.317 e. The van der Waals surface area contributed by atoms with Gasteiger partial charge in [0, 0.05) is 6.04 Å². The zero-order chi connectivity index (χ0) is 20.6. The average molecular weight is 421 g/mol. The van der Waals surface area contributed by atoms with Crippen molar-refractivity contribution in [2.45, 2.75) is 75.4 Å². The van der Waals surface area contributed by atoms with Crippen LogP contribution in [-0.2, 0) is 16.2 Å². The normalized spacial score (nSPS) is 21.0. The summed E-state index contributed by atoms with van der Waals surface area (Å²) in [6, 6.07) is 3.51. The molecule has 160 valence electrons. The Balaban J connectivity index is 1.75. The van der Waals surface area contributed by atoms with E-state index in [1.54, 1.807) is 0 Å². The summed E-state index contributed by atoms with van der Waals surface area (Å²) in [5.74, 6) is 0.644. The lowest BCUT2D eigenvalue weighted by molar-refractivity contribution is -0.137. The van der Waals surface area contributed by atoms with Gasteiger partial charge in [0.1, 0.15) is 0 Å². The van der Waals surface area contributed by atoms with Crippen molar-refractivity contribution in [2.75, 3.05) is 13.1 Å². The summed E-state index contributed by atoms with van der Waals surface area (Å²) in [4.78, 5) is -0.122. The van der Waals surface area contributed by atoms with E-state index in [1.165, 1.54) is 25.7 Å². The van der Waals surface area contributed by atoms with E-state index in [9.17, 15) is 21.6 Å². The molecule has 0 radical (unpaired) electrons. The lowest BCUT2D eigenvalue weighted by Crippen LogP contribution is -2.37. The molecule has 4 nitrogen and oxygen atoms in total. The second-order valence-electron chi connectivity index (χ2n) is 7.56. The van der Waals surface area contributed by atoms with Crippen LogP contribution in [0, 0.1) is 5.92 Å². The van der Waals surface area contributed by atoms with Gasteiger partial charge < -0.3 is 5.32 Å². The van der Waals surface area contributed by atoms with Crippen molar-refractivity contribution in [3.05, 3.63) is 29.8 Å². The van der Waals surface area contributed by atoms with E-state index in [2.05, 4.69) is 17.0 Å². The molecule has 0 unspecified atom stereocenters. The van der Waals surface area contributed by atoms with Gasteiger partial charge >= 0.3 is 6.18 Å². The molecule has 1 aliphatic carbocycles. The highest BCUT2D eigenvalue weighted by Crippen LogP contribution is 2.31. The SMILES string of the molecule is CCNCCCCC[C@H]1CC[C@H](NS(=O)(=O)c2ccc(C(F)(F)F)cc2)CC1. The van der Waals surface area contributed by atoms with Gasteiger partial charge in [-0.1, -0.05) is 26.2 Å². The molecular formula is C20H31F3N2O2S. The average Bonchev–Trinajstić information content (AvgIpc) is 2.65. The summed E-state index contributed by atoms with van der Waals surface area (Å²) in [6.07, 6.45) is 3.87. The van der Waals surface area contributed by atoms with E-state index >= 15 is 0 Å². The molecule has 0 aromatic heterocycles. The van der Waals surface area contributed by atoms with Crippen LogP contribution in [0.3, 0.4) is 0 Å². The molecule has 2 rings (SSSR count). The van der Waals surface area contributed by atoms with E-state index in [0.29, 0.717) is 5.92 Å². The Morgan fingerprint density at radius 2 is 1.64 bits per heavy atom. The molecule has 0 heterocycles. The quantitative estimate of drug-likeness (QED) is 0.539. The smallest absolute Gasteiger partial charge is 0.317 e. The lowest BCUT2D eigenvalue weighted by atomic mass is 9.83. The van der Waals surface area contributed by atoms with Crippen LogP contribution in [0.1, 0.15) is 63.9 Å². The van der Waals surface area contributed by atoms with Crippen LogP contribution in [0.2, 0.25) is 0 Å². The van der Waals surface area contributed by atoms with Crippen LogP contribution >= 0.6 is 0 Å². The van der Waals surface area contributed by atoms with Crippen LogP contribution in [-0.4, -0.2) is 27.5 Å². The first kappa shape index (κ1) is 23.2. The lowest BCUT2D eigenvalue weighted by Gasteiger charge is -2.29. The molecule has 1 aromatic rings. The zero-order valence-electron chi connectivity index (χ0n) is 16.4. The standard InChI is InChI=1S/C20H31F3N2O2S/c1-2-24-15-5-3-4-6-16-7-11-18(12-8-16)25-28(26,27)19-13-9-17(10-14-19)20(21,22)23/h9-10,13-14,16,18,24-25H,2-8,11-12,15H2,1H3/t16-,18-. The van der Waals surface area contributed by atoms with Gasteiger partial charge in [0.2, 0.25) is 10.0 Å². The Labute approximate surface area is 166 Å². The maximum Gasteiger partial charge on any atom is 0.416 e. The molecular weight excluding hydrogens is 389 g/mol. The fourth-order valence-electron chi connectivity index (χ4n) is 3.72. The summed E-state index contributed by atoms with van der Waals surface area (Å²) in [5, 5.41) is 3.32. The minimum absolute atomic E-state index is 0.122. The number of hydrogen-bond acceptors (Lipinski definition) is 3.